The second kappa shape index (κ2) is 13.9. The Morgan fingerprint density at radius 1 is 0.591 bits per heavy atom. The molecule has 0 spiro atoms. The van der Waals surface area contributed by atoms with Gasteiger partial charge in [-0.25, -0.2) is 22.8 Å². The Labute approximate surface area is 253 Å². The highest BCUT2D eigenvalue weighted by atomic mass is 35.5. The highest BCUT2D eigenvalue weighted by Crippen LogP contribution is 2.18. The first-order valence-electron chi connectivity index (χ1n) is 13.3. The number of hydrogen-bond acceptors (Lipinski definition) is 6. The molecule has 0 aliphatic carbocycles. The number of aromatic nitrogens is 4. The third-order valence-corrected chi connectivity index (χ3v) is 7.01. The molecule has 224 valence electrons. The Kier molecular flexibility index (Phi) is 9.56. The summed E-state index contributed by atoms with van der Waals surface area (Å²) in [5.74, 6) is -1.43. The standard InChI is InChI=1S/C16H12ClFN2O2.C16H12F2N2O2/c17-14-4-2-1-3-12(14)9-15-19-22-16(21)20(15)10-11-5-7-13(18)8-6-11;17-13-7-5-11(6-8-13)10-20-15(19-22-16(20)21)9-12-3-1-2-4-14(12)18/h2*1-8H,9-10H2. The molecule has 0 saturated heterocycles. The van der Waals surface area contributed by atoms with Crippen molar-refractivity contribution in [3.63, 3.8) is 0 Å². The summed E-state index contributed by atoms with van der Waals surface area (Å²) < 4.78 is 51.7. The van der Waals surface area contributed by atoms with E-state index in [1.807, 2.05) is 18.2 Å². The maximum absolute atomic E-state index is 13.7. The van der Waals surface area contributed by atoms with Gasteiger partial charge in [0.2, 0.25) is 0 Å². The summed E-state index contributed by atoms with van der Waals surface area (Å²) >= 11 is 6.12. The van der Waals surface area contributed by atoms with E-state index in [1.165, 1.54) is 39.5 Å². The third-order valence-electron chi connectivity index (χ3n) is 6.64. The maximum atomic E-state index is 13.7. The fourth-order valence-electron chi connectivity index (χ4n) is 4.33. The van der Waals surface area contributed by atoms with Crippen LogP contribution in [0.4, 0.5) is 13.2 Å². The van der Waals surface area contributed by atoms with E-state index in [1.54, 1.807) is 48.5 Å². The van der Waals surface area contributed by atoms with Gasteiger partial charge < -0.3 is 0 Å². The van der Waals surface area contributed by atoms with E-state index in [4.69, 9.17) is 16.1 Å². The average molecular weight is 621 g/mol. The Morgan fingerprint density at radius 3 is 1.50 bits per heavy atom. The van der Waals surface area contributed by atoms with E-state index in [0.29, 0.717) is 28.7 Å². The molecular weight excluding hydrogens is 597 g/mol. The van der Waals surface area contributed by atoms with E-state index < -0.39 is 11.5 Å². The SMILES string of the molecule is O=c1onc(Cc2ccccc2Cl)n1Cc1ccc(F)cc1.O=c1onc(Cc2ccccc2F)n1Cc1ccc(F)cc1. The van der Waals surface area contributed by atoms with Gasteiger partial charge in [-0.15, -0.1) is 0 Å². The molecule has 8 nitrogen and oxygen atoms in total. The summed E-state index contributed by atoms with van der Waals surface area (Å²) in [4.78, 5) is 23.6. The van der Waals surface area contributed by atoms with Gasteiger partial charge in [-0.2, -0.15) is 0 Å². The van der Waals surface area contributed by atoms with Crippen LogP contribution in [-0.2, 0) is 25.9 Å². The van der Waals surface area contributed by atoms with Crippen LogP contribution >= 0.6 is 11.6 Å². The first-order chi connectivity index (χ1) is 21.3. The predicted molar refractivity (Wildman–Crippen MR) is 156 cm³/mol. The van der Waals surface area contributed by atoms with Gasteiger partial charge in [-0.05, 0) is 58.7 Å². The van der Waals surface area contributed by atoms with Crippen molar-refractivity contribution in [1.29, 1.82) is 0 Å². The highest BCUT2D eigenvalue weighted by molar-refractivity contribution is 6.31. The van der Waals surface area contributed by atoms with Crippen LogP contribution in [0.2, 0.25) is 5.02 Å². The highest BCUT2D eigenvalue weighted by Gasteiger charge is 2.15. The molecule has 0 atom stereocenters. The lowest BCUT2D eigenvalue weighted by Gasteiger charge is -2.06. The van der Waals surface area contributed by atoms with Crippen molar-refractivity contribution < 1.29 is 22.2 Å². The molecule has 2 heterocycles. The quantitative estimate of drug-likeness (QED) is 0.206. The summed E-state index contributed by atoms with van der Waals surface area (Å²) in [5.41, 5.74) is 2.78. The summed E-state index contributed by atoms with van der Waals surface area (Å²) in [6.07, 6.45) is 0.520. The normalized spacial score (nSPS) is 10.8. The van der Waals surface area contributed by atoms with Crippen LogP contribution in [0.3, 0.4) is 0 Å². The van der Waals surface area contributed by atoms with Crippen molar-refractivity contribution in [2.45, 2.75) is 25.9 Å². The first-order valence-corrected chi connectivity index (χ1v) is 13.7. The van der Waals surface area contributed by atoms with Crippen LogP contribution in [0.15, 0.2) is 116 Å². The summed E-state index contributed by atoms with van der Waals surface area (Å²) in [5, 5.41) is 8.11. The zero-order valence-electron chi connectivity index (χ0n) is 23.0. The molecule has 0 aliphatic heterocycles. The monoisotopic (exact) mass is 620 g/mol. The maximum Gasteiger partial charge on any atom is 0.441 e. The van der Waals surface area contributed by atoms with Crippen molar-refractivity contribution in [3.8, 4) is 0 Å². The minimum absolute atomic E-state index is 0.139. The Hall–Kier alpha value is -5.16. The molecule has 0 unspecified atom stereocenters. The molecule has 0 radical (unpaired) electrons. The second-order valence-corrected chi connectivity index (χ2v) is 10.1. The minimum Gasteiger partial charge on any atom is -0.296 e. The zero-order valence-corrected chi connectivity index (χ0v) is 23.8. The fourth-order valence-corrected chi connectivity index (χ4v) is 4.53. The van der Waals surface area contributed by atoms with Crippen LogP contribution < -0.4 is 11.5 Å². The smallest absolute Gasteiger partial charge is 0.296 e. The van der Waals surface area contributed by atoms with Crippen molar-refractivity contribution in [2.75, 3.05) is 0 Å². The molecule has 4 aromatic carbocycles. The molecule has 2 aromatic heterocycles. The molecular formula is C32H24ClF3N4O4. The predicted octanol–water partition coefficient (Wildman–Crippen LogP) is 6.02. The number of nitrogens with zero attached hydrogens (tertiary/aromatic N) is 4. The molecule has 12 heteroatoms. The lowest BCUT2D eigenvalue weighted by molar-refractivity contribution is 0.375. The Bertz CT molecular complexity index is 1820. The second-order valence-electron chi connectivity index (χ2n) is 9.69. The molecule has 0 bridgehead atoms. The van der Waals surface area contributed by atoms with Crippen molar-refractivity contribution in [3.05, 3.63) is 175 Å². The van der Waals surface area contributed by atoms with Gasteiger partial charge in [-0.3, -0.25) is 18.2 Å². The van der Waals surface area contributed by atoms with E-state index in [2.05, 4.69) is 14.8 Å². The van der Waals surface area contributed by atoms with Gasteiger partial charge in [-0.1, -0.05) is 82.6 Å². The average Bonchev–Trinajstić information content (AvgIpc) is 3.54. The lowest BCUT2D eigenvalue weighted by atomic mass is 10.1. The summed E-state index contributed by atoms with van der Waals surface area (Å²) in [6, 6.07) is 25.3. The number of benzene rings is 4. The van der Waals surface area contributed by atoms with E-state index in [9.17, 15) is 22.8 Å². The third kappa shape index (κ3) is 7.61. The van der Waals surface area contributed by atoms with Crippen LogP contribution in [0, 0.1) is 17.5 Å². The molecule has 6 rings (SSSR count). The van der Waals surface area contributed by atoms with E-state index in [0.717, 1.165) is 16.7 Å². The largest absolute Gasteiger partial charge is 0.441 e. The molecule has 0 aliphatic rings. The van der Waals surface area contributed by atoms with Gasteiger partial charge in [0, 0.05) is 17.9 Å². The molecule has 44 heavy (non-hydrogen) atoms. The van der Waals surface area contributed by atoms with Crippen LogP contribution in [-0.4, -0.2) is 19.4 Å². The van der Waals surface area contributed by atoms with Crippen molar-refractivity contribution in [2.24, 2.45) is 0 Å². The minimum atomic E-state index is -0.629. The Balaban J connectivity index is 0.000000175. The van der Waals surface area contributed by atoms with Gasteiger partial charge >= 0.3 is 11.5 Å². The van der Waals surface area contributed by atoms with Crippen molar-refractivity contribution in [1.82, 2.24) is 19.4 Å². The molecule has 0 N–H and O–H groups in total. The van der Waals surface area contributed by atoms with E-state index in [-0.39, 0.29) is 37.0 Å². The molecule has 0 saturated carbocycles. The van der Waals surface area contributed by atoms with Crippen LogP contribution in [0.1, 0.15) is 33.9 Å². The summed E-state index contributed by atoms with van der Waals surface area (Å²) in [7, 11) is 0. The zero-order chi connectivity index (χ0) is 31.1. The number of rotatable bonds is 8. The molecule has 6 aromatic rings. The van der Waals surface area contributed by atoms with Crippen LogP contribution in [0.25, 0.3) is 0 Å². The van der Waals surface area contributed by atoms with Crippen molar-refractivity contribution >= 4 is 11.6 Å². The van der Waals surface area contributed by atoms with Gasteiger partial charge in [0.1, 0.15) is 17.5 Å². The first kappa shape index (κ1) is 30.3. The van der Waals surface area contributed by atoms with Gasteiger partial charge in [0.05, 0.1) is 13.1 Å². The fraction of sp³-hybridized carbons (Fsp3) is 0.125. The number of hydrogen-bond donors (Lipinski definition) is 0. The number of halogens is 4. The van der Waals surface area contributed by atoms with Gasteiger partial charge in [0.25, 0.3) is 0 Å². The Morgan fingerprint density at radius 2 is 1.02 bits per heavy atom. The topological polar surface area (TPSA) is 96.1 Å². The van der Waals surface area contributed by atoms with Crippen LogP contribution in [0.5, 0.6) is 0 Å². The molecule has 0 amide bonds. The lowest BCUT2D eigenvalue weighted by Crippen LogP contribution is -2.18. The summed E-state index contributed by atoms with van der Waals surface area (Å²) in [6.45, 7) is 0.453. The van der Waals surface area contributed by atoms with E-state index >= 15 is 0 Å². The van der Waals surface area contributed by atoms with Gasteiger partial charge in [0.15, 0.2) is 11.6 Å². The molecule has 0 fully saturated rings.